The predicted octanol–water partition coefficient (Wildman–Crippen LogP) is 5.69. The van der Waals surface area contributed by atoms with Crippen LogP contribution in [0, 0.1) is 5.41 Å². The number of benzene rings is 2. The zero-order chi connectivity index (χ0) is 34.6. The van der Waals surface area contributed by atoms with E-state index in [0.717, 1.165) is 61.8 Å². The van der Waals surface area contributed by atoms with Crippen molar-refractivity contribution in [2.75, 3.05) is 83.4 Å². The highest BCUT2D eigenvalue weighted by molar-refractivity contribution is 7.91. The van der Waals surface area contributed by atoms with Crippen molar-refractivity contribution in [3.63, 3.8) is 0 Å². The molecule has 0 radical (unpaired) electrons. The minimum Gasteiger partial charge on any atom is -0.494 e. The first-order valence-electron chi connectivity index (χ1n) is 18.0. The quantitative estimate of drug-likeness (QED) is 0.125. The van der Waals surface area contributed by atoms with E-state index in [1.807, 2.05) is 55.4 Å². The van der Waals surface area contributed by atoms with Gasteiger partial charge in [-0.05, 0) is 67.1 Å². The van der Waals surface area contributed by atoms with Gasteiger partial charge in [0.1, 0.15) is 5.75 Å². The number of rotatable bonds is 16. The lowest BCUT2D eigenvalue weighted by Gasteiger charge is -2.50. The van der Waals surface area contributed by atoms with E-state index >= 15 is 0 Å². The van der Waals surface area contributed by atoms with Crippen LogP contribution in [-0.4, -0.2) is 111 Å². The number of piperazine rings is 3. The summed E-state index contributed by atoms with van der Waals surface area (Å²) < 4.78 is 68.3. The van der Waals surface area contributed by atoms with Gasteiger partial charge in [0.05, 0.1) is 55.8 Å². The molecule has 9 nitrogen and oxygen atoms in total. The third-order valence-electron chi connectivity index (χ3n) is 11.1. The van der Waals surface area contributed by atoms with E-state index in [0.29, 0.717) is 25.0 Å². The molecule has 0 aromatic heterocycles. The largest absolute Gasteiger partial charge is 0.494 e. The molecular weight excluding hydrogens is 647 g/mol. The van der Waals surface area contributed by atoms with Crippen molar-refractivity contribution in [2.24, 2.45) is 5.41 Å². The molecule has 4 aliphatic heterocycles. The summed E-state index contributed by atoms with van der Waals surface area (Å²) in [6.07, 6.45) is 6.74. The molecule has 48 heavy (non-hydrogen) atoms. The lowest BCUT2D eigenvalue weighted by molar-refractivity contribution is -0.941. The summed E-state index contributed by atoms with van der Waals surface area (Å²) in [6.45, 7) is 13.5. The number of ether oxygens (including phenoxy) is 1. The van der Waals surface area contributed by atoms with Crippen LogP contribution in [0.2, 0.25) is 0 Å². The number of hydrogen-bond acceptors (Lipinski definition) is 8. The smallest absolute Gasteiger partial charge is 0.264 e. The average Bonchev–Trinajstić information content (AvgIpc) is 3.13. The number of nitrogens with zero attached hydrogens (tertiary/aromatic N) is 3. The molecule has 3 saturated heterocycles. The molecule has 6 rings (SSSR count). The Bertz CT molecular complexity index is 1560. The van der Waals surface area contributed by atoms with E-state index < -0.39 is 37.4 Å². The summed E-state index contributed by atoms with van der Waals surface area (Å²) >= 11 is 0. The zero-order valence-electron chi connectivity index (χ0n) is 29.8. The number of quaternary nitrogens is 1. The summed E-state index contributed by atoms with van der Waals surface area (Å²) in [7, 11) is -3.88. The van der Waals surface area contributed by atoms with E-state index in [2.05, 4.69) is 18.7 Å². The van der Waals surface area contributed by atoms with Gasteiger partial charge in [0.15, 0.2) is 9.84 Å². The van der Waals surface area contributed by atoms with Crippen LogP contribution in [0.5, 0.6) is 5.75 Å². The van der Waals surface area contributed by atoms with E-state index in [4.69, 9.17) is 8.92 Å². The van der Waals surface area contributed by atoms with Crippen LogP contribution in [0.25, 0.3) is 0 Å². The number of unbranched alkanes of at least 4 members (excludes halogenated alkanes) is 3. The fourth-order valence-electron chi connectivity index (χ4n) is 8.28. The summed E-state index contributed by atoms with van der Waals surface area (Å²) in [6, 6.07) is 13.3. The van der Waals surface area contributed by atoms with Crippen molar-refractivity contribution in [1.82, 2.24) is 4.90 Å². The maximum atomic E-state index is 14.3. The molecule has 0 N–H and O–H groups in total. The summed E-state index contributed by atoms with van der Waals surface area (Å²) in [5.41, 5.74) is 1.36. The van der Waals surface area contributed by atoms with Gasteiger partial charge >= 0.3 is 0 Å². The Kier molecular flexibility index (Phi) is 11.9. The molecule has 0 spiro atoms. The van der Waals surface area contributed by atoms with Crippen LogP contribution in [-0.2, 0) is 24.1 Å². The Labute approximate surface area is 290 Å². The Balaban J connectivity index is 1.47. The number of fused-ring (bicyclic) bond motifs is 4. The van der Waals surface area contributed by atoms with Crippen LogP contribution in [0.3, 0.4) is 0 Å². The maximum Gasteiger partial charge on any atom is 0.264 e. The first-order valence-corrected chi connectivity index (χ1v) is 21.5. The SMILES string of the molecule is CCCCC1(CCCC)CS(=O)(=O)c2ccc(N(C)C)cc2[C@@H](c2ccc(OCCCC[N+]34CCN(CC3)CC4)cc2)[C@H]1OS(C)(=O)=O. The van der Waals surface area contributed by atoms with E-state index in [-0.39, 0.29) is 10.6 Å². The molecule has 2 aromatic carbocycles. The molecule has 0 amide bonds. The molecule has 268 valence electrons. The molecule has 3 fully saturated rings. The number of anilines is 1. The Morgan fingerprint density at radius 1 is 0.917 bits per heavy atom. The second-order valence-corrected chi connectivity index (χ2v) is 18.4. The zero-order valence-corrected chi connectivity index (χ0v) is 31.5. The molecule has 2 aromatic rings. The normalized spacial score (nSPS) is 26.1. The van der Waals surface area contributed by atoms with Crippen molar-refractivity contribution < 1.29 is 30.2 Å². The topological polar surface area (TPSA) is 93.2 Å². The predicted molar refractivity (Wildman–Crippen MR) is 193 cm³/mol. The van der Waals surface area contributed by atoms with Crippen molar-refractivity contribution in [2.45, 2.75) is 82.1 Å². The lowest BCUT2D eigenvalue weighted by atomic mass is 9.68. The van der Waals surface area contributed by atoms with Crippen LogP contribution in [0.15, 0.2) is 47.4 Å². The minimum atomic E-state index is -3.94. The van der Waals surface area contributed by atoms with Gasteiger partial charge in [0.2, 0.25) is 0 Å². The van der Waals surface area contributed by atoms with Gasteiger partial charge in [-0.25, -0.2) is 8.42 Å². The molecular formula is C37H58N3O6S2+. The van der Waals surface area contributed by atoms with E-state index in [1.54, 1.807) is 6.07 Å². The van der Waals surface area contributed by atoms with Crippen molar-refractivity contribution >= 4 is 25.6 Å². The van der Waals surface area contributed by atoms with Gasteiger partial charge in [-0.1, -0.05) is 51.7 Å². The fourth-order valence-corrected chi connectivity index (χ4v) is 11.2. The second-order valence-electron chi connectivity index (χ2n) is 14.8. The van der Waals surface area contributed by atoms with Crippen LogP contribution in [0.4, 0.5) is 5.69 Å². The standard InChI is InChI=1S/C37H58N3O6S2/c1-6-8-18-37(19-9-7-2)29-48(43,44)34-17-14-31(38(3)4)28-33(34)35(36(37)46-47(5,41)42)30-12-15-32(16-13-30)45-27-11-10-23-40-24-20-39(21-25-40)22-26-40/h12-17,28,35-36H,6-11,18-27,29H2,1-5H3/q+1/t35-,36-/m1/s1. The monoisotopic (exact) mass is 704 g/mol. The minimum absolute atomic E-state index is 0.148. The van der Waals surface area contributed by atoms with E-state index in [1.165, 1.54) is 50.3 Å². The highest BCUT2D eigenvalue weighted by Gasteiger charge is 2.52. The molecule has 11 heteroatoms. The fraction of sp³-hybridized carbons (Fsp3) is 0.676. The van der Waals surface area contributed by atoms with Crippen molar-refractivity contribution in [3.8, 4) is 5.75 Å². The number of sulfone groups is 1. The van der Waals surface area contributed by atoms with Gasteiger partial charge in [0.25, 0.3) is 10.1 Å². The molecule has 4 aliphatic rings. The first kappa shape index (κ1) is 37.1. The maximum absolute atomic E-state index is 14.3. The van der Waals surface area contributed by atoms with Crippen LogP contribution < -0.4 is 9.64 Å². The Morgan fingerprint density at radius 2 is 1.54 bits per heavy atom. The third kappa shape index (κ3) is 8.57. The highest BCUT2D eigenvalue weighted by atomic mass is 32.2. The highest BCUT2D eigenvalue weighted by Crippen LogP contribution is 2.52. The van der Waals surface area contributed by atoms with Gasteiger partial charge in [-0.15, -0.1) is 0 Å². The second kappa shape index (κ2) is 15.4. The third-order valence-corrected chi connectivity index (χ3v) is 13.7. The summed E-state index contributed by atoms with van der Waals surface area (Å²) in [5.74, 6) is -0.0111. The molecule has 2 atom stereocenters. The Hall–Kier alpha value is -2.18. The molecule has 4 heterocycles. The van der Waals surface area contributed by atoms with Crippen molar-refractivity contribution in [1.29, 1.82) is 0 Å². The van der Waals surface area contributed by atoms with Gasteiger partial charge < -0.3 is 14.1 Å². The summed E-state index contributed by atoms with van der Waals surface area (Å²) in [5, 5.41) is 0. The molecule has 2 bridgehead atoms. The van der Waals surface area contributed by atoms with E-state index in [9.17, 15) is 16.8 Å². The molecule has 0 unspecified atom stereocenters. The van der Waals surface area contributed by atoms with Gasteiger partial charge in [-0.2, -0.15) is 8.42 Å². The van der Waals surface area contributed by atoms with Gasteiger partial charge in [-0.3, -0.25) is 9.08 Å². The Morgan fingerprint density at radius 3 is 2.10 bits per heavy atom. The summed E-state index contributed by atoms with van der Waals surface area (Å²) in [4.78, 5) is 4.78. The van der Waals surface area contributed by atoms with Crippen LogP contribution in [0.1, 0.15) is 82.3 Å². The lowest BCUT2D eigenvalue weighted by Crippen LogP contribution is -2.67. The van der Waals surface area contributed by atoms with Gasteiger partial charge in [0, 0.05) is 50.7 Å². The number of hydrogen-bond donors (Lipinski definition) is 0. The average molecular weight is 705 g/mol. The van der Waals surface area contributed by atoms with Crippen molar-refractivity contribution in [3.05, 3.63) is 53.6 Å². The molecule has 0 saturated carbocycles. The first-order chi connectivity index (χ1) is 22.8. The molecule has 0 aliphatic carbocycles. The van der Waals surface area contributed by atoms with Crippen LogP contribution >= 0.6 is 0 Å².